The molecule has 1 unspecified atom stereocenters. The summed E-state index contributed by atoms with van der Waals surface area (Å²) in [6.07, 6.45) is -0.695. The Morgan fingerprint density at radius 3 is 1.19 bits per heavy atom. The molecule has 1 aliphatic rings. The summed E-state index contributed by atoms with van der Waals surface area (Å²) in [4.78, 5) is 30.0. The number of hydrogen-bond acceptors (Lipinski definition) is 8. The second kappa shape index (κ2) is 17.4. The summed E-state index contributed by atoms with van der Waals surface area (Å²) in [5.74, 6) is 2.81. The third kappa shape index (κ3) is 8.08. The van der Waals surface area contributed by atoms with E-state index in [1.54, 1.807) is 0 Å². The number of benzene rings is 8. The summed E-state index contributed by atoms with van der Waals surface area (Å²) in [6, 6.07) is 78.2. The van der Waals surface area contributed by atoms with Gasteiger partial charge in [-0.25, -0.2) is 15.0 Å². The van der Waals surface area contributed by atoms with Crippen molar-refractivity contribution in [2.75, 3.05) is 9.80 Å². The van der Waals surface area contributed by atoms with E-state index in [-0.39, 0.29) is 0 Å². The monoisotopic (exact) mass is 800 g/mol. The van der Waals surface area contributed by atoms with Gasteiger partial charge in [0.2, 0.25) is 12.2 Å². The minimum Gasteiger partial charge on any atom is -0.330 e. The maximum absolute atomic E-state index is 5.28. The standard InChI is InChI=1S/C54H40N8/c1-7-19-41(20-8-1)49-55-50(42-21-9-2-10-22-42)58-53(57-49)62(54-59-51(43-23-11-3-12-24-43)56-52(60-54)44-25-13-4-14-26-44)48-37-33-40(34-38-48)39-31-35-47(36-32-39)61(45-27-15-5-16-28-45)46-29-17-6-18-30-46/h1-38,53H,(H,55,57,58). The van der Waals surface area contributed by atoms with Crippen LogP contribution in [0, 0.1) is 0 Å². The molecule has 1 aliphatic heterocycles. The van der Waals surface area contributed by atoms with Crippen LogP contribution >= 0.6 is 0 Å². The molecule has 9 aromatic rings. The Morgan fingerprint density at radius 1 is 0.339 bits per heavy atom. The molecule has 8 nitrogen and oxygen atoms in total. The molecule has 0 fully saturated rings. The van der Waals surface area contributed by atoms with Gasteiger partial charge >= 0.3 is 0 Å². The first-order valence-electron chi connectivity index (χ1n) is 20.5. The normalized spacial score (nSPS) is 13.3. The maximum atomic E-state index is 5.28. The van der Waals surface area contributed by atoms with E-state index in [1.165, 1.54) is 0 Å². The van der Waals surface area contributed by atoms with Gasteiger partial charge in [-0.1, -0.05) is 182 Å². The summed E-state index contributed by atoms with van der Waals surface area (Å²) in [6.45, 7) is 0. The number of aromatic nitrogens is 3. The SMILES string of the molecule is c1ccc(C2=NC(N(c3ccc(-c4ccc(N(c5ccccc5)c5ccccc5)cc4)cc3)c3nc(-c4ccccc4)nc(-c4ccccc4)n3)NC(c3ccccc3)=N2)cc1. The molecular formula is C54H40N8. The van der Waals surface area contributed by atoms with E-state index in [2.05, 4.69) is 107 Å². The second-order valence-corrected chi connectivity index (χ2v) is 14.6. The summed E-state index contributed by atoms with van der Waals surface area (Å²) in [5, 5.41) is 3.66. The van der Waals surface area contributed by atoms with Crippen LogP contribution in [-0.2, 0) is 0 Å². The van der Waals surface area contributed by atoms with Gasteiger partial charge in [0, 0.05) is 45.0 Å². The number of rotatable bonds is 11. The zero-order valence-electron chi connectivity index (χ0n) is 33.6. The molecule has 0 amide bonds. The highest BCUT2D eigenvalue weighted by molar-refractivity contribution is 6.13. The molecule has 0 saturated heterocycles. The zero-order chi connectivity index (χ0) is 41.5. The summed E-state index contributed by atoms with van der Waals surface area (Å²) < 4.78 is 0. The van der Waals surface area contributed by atoms with E-state index in [1.807, 2.05) is 138 Å². The highest BCUT2D eigenvalue weighted by atomic mass is 15.4. The van der Waals surface area contributed by atoms with E-state index >= 15 is 0 Å². The van der Waals surface area contributed by atoms with Gasteiger partial charge in [-0.2, -0.15) is 9.97 Å². The topological polar surface area (TPSA) is 81.9 Å². The van der Waals surface area contributed by atoms with Crippen LogP contribution in [0.1, 0.15) is 11.1 Å². The van der Waals surface area contributed by atoms with Crippen LogP contribution in [0.2, 0.25) is 0 Å². The number of nitrogens with zero attached hydrogens (tertiary/aromatic N) is 7. The molecule has 8 heteroatoms. The van der Waals surface area contributed by atoms with Crippen molar-refractivity contribution < 1.29 is 0 Å². The van der Waals surface area contributed by atoms with Gasteiger partial charge in [-0.15, -0.1) is 0 Å². The van der Waals surface area contributed by atoms with E-state index < -0.39 is 6.29 Å². The first kappa shape index (κ1) is 37.8. The van der Waals surface area contributed by atoms with Crippen molar-refractivity contribution in [1.82, 2.24) is 20.3 Å². The number of anilines is 5. The molecule has 0 saturated carbocycles. The molecule has 0 bridgehead atoms. The Bertz CT molecular complexity index is 2850. The Hall–Kier alpha value is -8.49. The van der Waals surface area contributed by atoms with Gasteiger partial charge < -0.3 is 10.2 Å². The van der Waals surface area contributed by atoms with Crippen molar-refractivity contribution in [1.29, 1.82) is 0 Å². The maximum Gasteiger partial charge on any atom is 0.237 e. The average Bonchev–Trinajstić information content (AvgIpc) is 3.36. The Labute approximate surface area is 360 Å². The third-order valence-electron chi connectivity index (χ3n) is 10.6. The van der Waals surface area contributed by atoms with E-state index in [0.29, 0.717) is 29.3 Å². The number of amidine groups is 2. The van der Waals surface area contributed by atoms with Crippen LogP contribution in [0.3, 0.4) is 0 Å². The summed E-state index contributed by atoms with van der Waals surface area (Å²) >= 11 is 0. The number of nitrogens with one attached hydrogen (secondary N) is 1. The lowest BCUT2D eigenvalue weighted by atomic mass is 10.0. The van der Waals surface area contributed by atoms with Crippen molar-refractivity contribution in [2.45, 2.75) is 6.29 Å². The summed E-state index contributed by atoms with van der Waals surface area (Å²) in [7, 11) is 0. The molecule has 0 aliphatic carbocycles. The van der Waals surface area contributed by atoms with Crippen LogP contribution in [0.15, 0.2) is 241 Å². The largest absolute Gasteiger partial charge is 0.330 e. The Kier molecular flexibility index (Phi) is 10.6. The van der Waals surface area contributed by atoms with Gasteiger partial charge in [-0.3, -0.25) is 4.90 Å². The first-order chi connectivity index (χ1) is 30.7. The number of para-hydroxylation sites is 2. The number of hydrogen-bond donors (Lipinski definition) is 1. The minimum absolute atomic E-state index is 0.430. The van der Waals surface area contributed by atoms with Crippen LogP contribution in [-0.4, -0.2) is 32.9 Å². The molecule has 0 radical (unpaired) electrons. The molecule has 62 heavy (non-hydrogen) atoms. The summed E-state index contributed by atoms with van der Waals surface area (Å²) in [5.41, 5.74) is 9.82. The lowest BCUT2D eigenvalue weighted by Crippen LogP contribution is -2.49. The van der Waals surface area contributed by atoms with Crippen LogP contribution in [0.25, 0.3) is 33.9 Å². The van der Waals surface area contributed by atoms with Crippen molar-refractivity contribution in [3.8, 4) is 33.9 Å². The fourth-order valence-corrected chi connectivity index (χ4v) is 7.52. The van der Waals surface area contributed by atoms with Gasteiger partial charge in [0.1, 0.15) is 5.84 Å². The molecule has 1 N–H and O–H groups in total. The fourth-order valence-electron chi connectivity index (χ4n) is 7.52. The number of aliphatic imine (C=N–C) groups is 2. The molecule has 1 aromatic heterocycles. The van der Waals surface area contributed by atoms with Crippen LogP contribution in [0.5, 0.6) is 0 Å². The highest BCUT2D eigenvalue weighted by Crippen LogP contribution is 2.37. The second-order valence-electron chi connectivity index (χ2n) is 14.6. The average molecular weight is 801 g/mol. The molecule has 0 spiro atoms. The van der Waals surface area contributed by atoms with Gasteiger partial charge in [0.15, 0.2) is 17.5 Å². The van der Waals surface area contributed by atoms with Crippen molar-refractivity contribution in [3.05, 3.63) is 242 Å². The van der Waals surface area contributed by atoms with E-state index in [9.17, 15) is 0 Å². The Morgan fingerprint density at radius 2 is 0.726 bits per heavy atom. The molecule has 8 aromatic carbocycles. The molecule has 1 atom stereocenters. The molecule has 296 valence electrons. The third-order valence-corrected chi connectivity index (χ3v) is 10.6. The Balaban J connectivity index is 1.08. The van der Waals surface area contributed by atoms with Crippen LogP contribution < -0.4 is 15.1 Å². The smallest absolute Gasteiger partial charge is 0.237 e. The molecule has 10 rings (SSSR count). The van der Waals surface area contributed by atoms with E-state index in [0.717, 1.165) is 56.1 Å². The lowest BCUT2D eigenvalue weighted by molar-refractivity contribution is 0.624. The highest BCUT2D eigenvalue weighted by Gasteiger charge is 2.30. The zero-order valence-corrected chi connectivity index (χ0v) is 33.6. The van der Waals surface area contributed by atoms with Gasteiger partial charge in [0.25, 0.3) is 0 Å². The predicted molar refractivity (Wildman–Crippen MR) is 252 cm³/mol. The molecule has 2 heterocycles. The first-order valence-corrected chi connectivity index (χ1v) is 20.5. The van der Waals surface area contributed by atoms with Gasteiger partial charge in [0.05, 0.1) is 0 Å². The quantitative estimate of drug-likeness (QED) is 0.140. The molecular weight excluding hydrogens is 761 g/mol. The van der Waals surface area contributed by atoms with Crippen LogP contribution in [0.4, 0.5) is 28.7 Å². The minimum atomic E-state index is -0.695. The van der Waals surface area contributed by atoms with Crippen molar-refractivity contribution >= 4 is 40.4 Å². The predicted octanol–water partition coefficient (Wildman–Crippen LogP) is 12.3. The van der Waals surface area contributed by atoms with E-state index in [4.69, 9.17) is 24.9 Å². The van der Waals surface area contributed by atoms with Gasteiger partial charge in [-0.05, 0) is 59.7 Å². The van der Waals surface area contributed by atoms with Crippen molar-refractivity contribution in [2.24, 2.45) is 9.98 Å². The van der Waals surface area contributed by atoms with Crippen molar-refractivity contribution in [3.63, 3.8) is 0 Å². The fraction of sp³-hybridized carbons (Fsp3) is 0.0185. The lowest BCUT2D eigenvalue weighted by Gasteiger charge is -2.33.